The Labute approximate surface area is 161 Å². The van der Waals surface area contributed by atoms with Gasteiger partial charge in [-0.25, -0.2) is 0 Å². The van der Waals surface area contributed by atoms with E-state index in [0.717, 1.165) is 24.8 Å². The van der Waals surface area contributed by atoms with Gasteiger partial charge >= 0.3 is 0 Å². The van der Waals surface area contributed by atoms with Crippen LogP contribution >= 0.6 is 0 Å². The van der Waals surface area contributed by atoms with Crippen LogP contribution in [0.5, 0.6) is 0 Å². The summed E-state index contributed by atoms with van der Waals surface area (Å²) in [4.78, 5) is 24.3. The predicted octanol–water partition coefficient (Wildman–Crippen LogP) is 4.00. The van der Waals surface area contributed by atoms with Crippen molar-refractivity contribution in [3.63, 3.8) is 0 Å². The first kappa shape index (κ1) is 19.2. The molecule has 2 aromatic carbocycles. The van der Waals surface area contributed by atoms with E-state index < -0.39 is 0 Å². The fraction of sp³-hybridized carbons (Fsp3) is 0.391. The van der Waals surface area contributed by atoms with Crippen molar-refractivity contribution in [2.75, 3.05) is 0 Å². The van der Waals surface area contributed by atoms with Crippen molar-refractivity contribution in [2.45, 2.75) is 57.5 Å². The molecule has 0 aromatic heterocycles. The molecular weight excluding hydrogens is 336 g/mol. The van der Waals surface area contributed by atoms with Gasteiger partial charge in [0, 0.05) is 24.6 Å². The molecule has 0 unspecified atom stereocenters. The van der Waals surface area contributed by atoms with E-state index in [2.05, 4.69) is 10.6 Å². The lowest BCUT2D eigenvalue weighted by Crippen LogP contribution is -2.36. The maximum Gasteiger partial charge on any atom is 0.251 e. The second-order valence-electron chi connectivity index (χ2n) is 7.27. The minimum absolute atomic E-state index is 0.000321. The molecule has 142 valence electrons. The van der Waals surface area contributed by atoms with Gasteiger partial charge in [-0.15, -0.1) is 0 Å². The van der Waals surface area contributed by atoms with Crippen molar-refractivity contribution < 1.29 is 9.59 Å². The third-order valence-electron chi connectivity index (χ3n) is 5.13. The van der Waals surface area contributed by atoms with E-state index in [1.54, 1.807) is 0 Å². The molecule has 0 heterocycles. The summed E-state index contributed by atoms with van der Waals surface area (Å²) in [5, 5.41) is 6.07. The number of benzene rings is 2. The molecule has 0 bridgehead atoms. The van der Waals surface area contributed by atoms with Crippen LogP contribution in [-0.2, 0) is 17.8 Å². The Hall–Kier alpha value is -2.62. The van der Waals surface area contributed by atoms with Gasteiger partial charge in [0.05, 0.1) is 0 Å². The molecular formula is C23H28N2O2. The minimum atomic E-state index is 0.000321. The number of rotatable bonds is 7. The van der Waals surface area contributed by atoms with Crippen LogP contribution < -0.4 is 10.6 Å². The molecule has 2 aromatic rings. The van der Waals surface area contributed by atoms with Gasteiger partial charge in [0.1, 0.15) is 0 Å². The topological polar surface area (TPSA) is 58.2 Å². The molecule has 0 radical (unpaired) electrons. The molecule has 4 nitrogen and oxygen atoms in total. The molecule has 1 aliphatic carbocycles. The number of nitrogens with one attached hydrogen (secondary N) is 2. The first-order chi connectivity index (χ1) is 13.2. The van der Waals surface area contributed by atoms with Gasteiger partial charge in [0.15, 0.2) is 0 Å². The molecule has 27 heavy (non-hydrogen) atoms. The summed E-state index contributed by atoms with van der Waals surface area (Å²) in [7, 11) is 0. The molecule has 0 spiro atoms. The van der Waals surface area contributed by atoms with Crippen LogP contribution in [0.25, 0.3) is 0 Å². The Balaban J connectivity index is 1.41. The van der Waals surface area contributed by atoms with Crippen molar-refractivity contribution in [1.29, 1.82) is 0 Å². The van der Waals surface area contributed by atoms with Crippen LogP contribution in [0.4, 0.5) is 0 Å². The number of carbonyl (C=O) groups excluding carboxylic acids is 2. The molecule has 4 heteroatoms. The largest absolute Gasteiger partial charge is 0.352 e. The minimum Gasteiger partial charge on any atom is -0.352 e. The molecule has 2 N–H and O–H groups in total. The van der Waals surface area contributed by atoms with Crippen LogP contribution in [-0.4, -0.2) is 17.9 Å². The van der Waals surface area contributed by atoms with E-state index in [1.807, 2.05) is 54.6 Å². The van der Waals surface area contributed by atoms with Gasteiger partial charge in [-0.05, 0) is 42.5 Å². The van der Waals surface area contributed by atoms with Gasteiger partial charge in [0.25, 0.3) is 5.91 Å². The molecule has 0 saturated heterocycles. The lowest BCUT2D eigenvalue weighted by atomic mass is 9.95. The van der Waals surface area contributed by atoms with Gasteiger partial charge in [-0.1, -0.05) is 61.7 Å². The van der Waals surface area contributed by atoms with Crippen LogP contribution in [0, 0.1) is 0 Å². The molecule has 1 saturated carbocycles. The van der Waals surface area contributed by atoms with Crippen LogP contribution in [0.3, 0.4) is 0 Å². The van der Waals surface area contributed by atoms with E-state index in [-0.39, 0.29) is 11.8 Å². The third-order valence-corrected chi connectivity index (χ3v) is 5.13. The third kappa shape index (κ3) is 6.24. The maximum atomic E-state index is 12.3. The molecule has 3 rings (SSSR count). The van der Waals surface area contributed by atoms with Crippen molar-refractivity contribution >= 4 is 11.8 Å². The molecule has 1 aliphatic rings. The smallest absolute Gasteiger partial charge is 0.251 e. The first-order valence-corrected chi connectivity index (χ1v) is 9.91. The molecule has 1 fully saturated rings. The highest BCUT2D eigenvalue weighted by molar-refractivity contribution is 5.94. The van der Waals surface area contributed by atoms with Crippen molar-refractivity contribution in [3.05, 3.63) is 71.3 Å². The molecule has 0 atom stereocenters. The number of carbonyl (C=O) groups is 2. The maximum absolute atomic E-state index is 12.3. The monoisotopic (exact) mass is 364 g/mol. The summed E-state index contributed by atoms with van der Waals surface area (Å²) >= 11 is 0. The Morgan fingerprint density at radius 2 is 1.56 bits per heavy atom. The lowest BCUT2D eigenvalue weighted by Gasteiger charge is -2.22. The summed E-state index contributed by atoms with van der Waals surface area (Å²) in [5.41, 5.74) is 2.85. The number of hydrogen-bond donors (Lipinski definition) is 2. The van der Waals surface area contributed by atoms with Gasteiger partial charge < -0.3 is 10.6 Å². The van der Waals surface area contributed by atoms with Crippen LogP contribution in [0.15, 0.2) is 54.6 Å². The highest BCUT2D eigenvalue weighted by Gasteiger charge is 2.16. The average molecular weight is 364 g/mol. The van der Waals surface area contributed by atoms with E-state index in [4.69, 9.17) is 0 Å². The SMILES string of the molecule is O=C(CCc1ccccc1)NCc1ccc(C(=O)NC2CCCCC2)cc1. The molecule has 0 aliphatic heterocycles. The van der Waals surface area contributed by atoms with Gasteiger partial charge in [-0.2, -0.15) is 0 Å². The van der Waals surface area contributed by atoms with Crippen LogP contribution in [0.1, 0.15) is 60.0 Å². The zero-order valence-corrected chi connectivity index (χ0v) is 15.7. The van der Waals surface area contributed by atoms with Crippen molar-refractivity contribution in [1.82, 2.24) is 10.6 Å². The highest BCUT2D eigenvalue weighted by Crippen LogP contribution is 2.18. The summed E-state index contributed by atoms with van der Waals surface area (Å²) in [5.74, 6) is 0.0401. The predicted molar refractivity (Wildman–Crippen MR) is 107 cm³/mol. The van der Waals surface area contributed by atoms with Gasteiger partial charge in [-0.3, -0.25) is 9.59 Å². The summed E-state index contributed by atoms with van der Waals surface area (Å²) in [6.45, 7) is 0.484. The molecule has 2 amide bonds. The zero-order chi connectivity index (χ0) is 18.9. The second kappa shape index (κ2) is 9.91. The number of amides is 2. The number of hydrogen-bond acceptors (Lipinski definition) is 2. The lowest BCUT2D eigenvalue weighted by molar-refractivity contribution is -0.121. The average Bonchev–Trinajstić information content (AvgIpc) is 2.72. The first-order valence-electron chi connectivity index (χ1n) is 9.91. The normalized spacial score (nSPS) is 14.5. The zero-order valence-electron chi connectivity index (χ0n) is 15.7. The Bertz CT molecular complexity index is 735. The summed E-state index contributed by atoms with van der Waals surface area (Å²) in [6, 6.07) is 17.8. The van der Waals surface area contributed by atoms with Gasteiger partial charge in [0.2, 0.25) is 5.91 Å². The van der Waals surface area contributed by atoms with E-state index in [1.165, 1.54) is 24.8 Å². The Morgan fingerprint density at radius 1 is 0.852 bits per heavy atom. The fourth-order valence-electron chi connectivity index (χ4n) is 3.48. The number of aryl methyl sites for hydroxylation is 1. The highest BCUT2D eigenvalue weighted by atomic mass is 16.2. The van der Waals surface area contributed by atoms with E-state index in [9.17, 15) is 9.59 Å². The quantitative estimate of drug-likeness (QED) is 0.780. The Kier molecular flexibility index (Phi) is 7.03. The van der Waals surface area contributed by atoms with E-state index in [0.29, 0.717) is 24.6 Å². The Morgan fingerprint density at radius 3 is 2.26 bits per heavy atom. The van der Waals surface area contributed by atoms with Crippen molar-refractivity contribution in [3.8, 4) is 0 Å². The van der Waals surface area contributed by atoms with E-state index >= 15 is 0 Å². The second-order valence-corrected chi connectivity index (χ2v) is 7.27. The standard InChI is InChI=1S/C23H28N2O2/c26-22(16-13-18-7-3-1-4-8-18)24-17-19-11-14-20(15-12-19)23(27)25-21-9-5-2-6-10-21/h1,3-4,7-8,11-12,14-15,21H,2,5-6,9-10,13,16-17H2,(H,24,26)(H,25,27). The van der Waals surface area contributed by atoms with Crippen molar-refractivity contribution in [2.24, 2.45) is 0 Å². The summed E-state index contributed by atoms with van der Waals surface area (Å²) in [6.07, 6.45) is 7.07. The fourth-order valence-corrected chi connectivity index (χ4v) is 3.48. The van der Waals surface area contributed by atoms with Crippen LogP contribution in [0.2, 0.25) is 0 Å². The summed E-state index contributed by atoms with van der Waals surface area (Å²) < 4.78 is 0.